The first kappa shape index (κ1) is 16.1. The summed E-state index contributed by atoms with van der Waals surface area (Å²) in [5.74, 6) is -0.0863. The minimum atomic E-state index is -0.422. The topological polar surface area (TPSA) is 51.5 Å². The second kappa shape index (κ2) is 5.83. The van der Waals surface area contributed by atoms with Crippen molar-refractivity contribution in [2.45, 2.75) is 26.7 Å². The summed E-state index contributed by atoms with van der Waals surface area (Å²) in [5, 5.41) is 0.755. The van der Waals surface area contributed by atoms with Crippen LogP contribution in [0.5, 0.6) is 0 Å². The largest absolute Gasteiger partial charge is 0.465 e. The first-order valence-electron chi connectivity index (χ1n) is 7.24. The predicted octanol–water partition coefficient (Wildman–Crippen LogP) is 3.39. The monoisotopic (exact) mass is 302 g/mol. The van der Waals surface area contributed by atoms with E-state index in [-0.39, 0.29) is 6.03 Å². The molecule has 0 bridgehead atoms. The number of carbonyl (C=O) groups excluding carboxylic acids is 2. The highest BCUT2D eigenvalue weighted by Crippen LogP contribution is 2.30. The van der Waals surface area contributed by atoms with Crippen LogP contribution in [0.15, 0.2) is 18.2 Å². The number of amides is 1. The number of methoxy groups -OCH3 is 1. The molecule has 5 nitrogen and oxygen atoms in total. The summed E-state index contributed by atoms with van der Waals surface area (Å²) in [4.78, 5) is 26.1. The first-order chi connectivity index (χ1) is 10.3. The summed E-state index contributed by atoms with van der Waals surface area (Å²) in [5.41, 5.74) is 2.89. The smallest absolute Gasteiger partial charge is 0.340 e. The lowest BCUT2D eigenvalue weighted by Gasteiger charge is -2.14. The van der Waals surface area contributed by atoms with Gasteiger partial charge in [-0.05, 0) is 30.5 Å². The van der Waals surface area contributed by atoms with Crippen LogP contribution in [0, 0.1) is 6.92 Å². The van der Waals surface area contributed by atoms with E-state index in [0.717, 1.165) is 16.5 Å². The van der Waals surface area contributed by atoms with Gasteiger partial charge in [-0.1, -0.05) is 19.9 Å². The van der Waals surface area contributed by atoms with Gasteiger partial charge >= 0.3 is 12.0 Å². The second-order valence-electron chi connectivity index (χ2n) is 5.90. The quantitative estimate of drug-likeness (QED) is 0.799. The van der Waals surface area contributed by atoms with Crippen LogP contribution < -0.4 is 0 Å². The summed E-state index contributed by atoms with van der Waals surface area (Å²) >= 11 is 0. The number of aromatic nitrogens is 1. The molecule has 0 spiro atoms. The van der Waals surface area contributed by atoms with Crippen LogP contribution in [0.3, 0.4) is 0 Å². The third kappa shape index (κ3) is 2.47. The van der Waals surface area contributed by atoms with Gasteiger partial charge in [0, 0.05) is 25.2 Å². The maximum absolute atomic E-state index is 12.5. The number of nitrogens with zero attached hydrogens (tertiary/aromatic N) is 2. The fraction of sp³-hybridized carbons (Fsp3) is 0.412. The lowest BCUT2D eigenvalue weighted by atomic mass is 10.00. The zero-order valence-corrected chi connectivity index (χ0v) is 13.9. The molecule has 0 fully saturated rings. The van der Waals surface area contributed by atoms with E-state index in [4.69, 9.17) is 4.74 Å². The van der Waals surface area contributed by atoms with E-state index in [2.05, 4.69) is 13.8 Å². The molecule has 118 valence electrons. The summed E-state index contributed by atoms with van der Waals surface area (Å²) in [6.07, 6.45) is 0. The molecule has 1 amide bonds. The molecular formula is C17H22N2O3. The van der Waals surface area contributed by atoms with Gasteiger partial charge in [0.25, 0.3) is 0 Å². The van der Waals surface area contributed by atoms with Crippen LogP contribution in [-0.4, -0.2) is 42.7 Å². The molecule has 0 saturated heterocycles. The Balaban J connectivity index is 2.85. The zero-order chi connectivity index (χ0) is 16.6. The van der Waals surface area contributed by atoms with Crippen LogP contribution in [0.25, 0.3) is 10.9 Å². The maximum atomic E-state index is 12.5. The number of fused-ring (bicyclic) bond motifs is 1. The summed E-state index contributed by atoms with van der Waals surface area (Å²) in [6, 6.07) is 5.67. The van der Waals surface area contributed by atoms with Crippen LogP contribution in [-0.2, 0) is 4.74 Å². The Hall–Kier alpha value is -2.30. The Labute approximate surface area is 130 Å². The summed E-state index contributed by atoms with van der Waals surface area (Å²) < 4.78 is 6.46. The van der Waals surface area contributed by atoms with Gasteiger partial charge in [0.15, 0.2) is 0 Å². The molecule has 0 aliphatic rings. The molecule has 0 saturated carbocycles. The van der Waals surface area contributed by atoms with Gasteiger partial charge in [-0.3, -0.25) is 4.57 Å². The van der Waals surface area contributed by atoms with Crippen molar-refractivity contribution in [1.82, 2.24) is 9.47 Å². The van der Waals surface area contributed by atoms with E-state index in [0.29, 0.717) is 17.2 Å². The molecule has 0 unspecified atom stereocenters. The van der Waals surface area contributed by atoms with Crippen molar-refractivity contribution in [3.63, 3.8) is 0 Å². The average Bonchev–Trinajstić information content (AvgIpc) is 2.76. The standard InChI is InChI=1S/C17H22N2O3/c1-10(2)12-7-8-14-13(9-12)15(16(20)22-6)11(3)19(14)17(21)18(4)5/h7-10H,1-6H3. The molecule has 0 aliphatic heterocycles. The van der Waals surface area contributed by atoms with Crippen LogP contribution in [0.2, 0.25) is 0 Å². The Kier molecular flexibility index (Phi) is 4.26. The Morgan fingerprint density at radius 1 is 1.23 bits per heavy atom. The molecule has 0 atom stereocenters. The van der Waals surface area contributed by atoms with Crippen molar-refractivity contribution >= 4 is 22.9 Å². The molecule has 1 heterocycles. The third-order valence-corrected chi connectivity index (χ3v) is 3.86. The SMILES string of the molecule is COC(=O)c1c(C)n(C(=O)N(C)C)c2ccc(C(C)C)cc12. The molecule has 1 aromatic heterocycles. The molecule has 0 radical (unpaired) electrons. The van der Waals surface area contributed by atoms with Crippen molar-refractivity contribution in [2.24, 2.45) is 0 Å². The number of benzene rings is 1. The lowest BCUT2D eigenvalue weighted by Crippen LogP contribution is -2.28. The average molecular weight is 302 g/mol. The second-order valence-corrected chi connectivity index (χ2v) is 5.90. The molecule has 5 heteroatoms. The van der Waals surface area contributed by atoms with Gasteiger partial charge in [0.1, 0.15) is 0 Å². The van der Waals surface area contributed by atoms with Gasteiger partial charge in [-0.2, -0.15) is 0 Å². The highest BCUT2D eigenvalue weighted by Gasteiger charge is 2.24. The van der Waals surface area contributed by atoms with Crippen LogP contribution in [0.1, 0.15) is 41.4 Å². The van der Waals surface area contributed by atoms with Crippen molar-refractivity contribution in [3.8, 4) is 0 Å². The molecule has 0 aliphatic carbocycles. The van der Waals surface area contributed by atoms with Crippen molar-refractivity contribution in [3.05, 3.63) is 35.0 Å². The number of ether oxygens (including phenoxy) is 1. The molecule has 2 aromatic rings. The number of esters is 1. The van der Waals surface area contributed by atoms with E-state index >= 15 is 0 Å². The molecule has 22 heavy (non-hydrogen) atoms. The van der Waals surface area contributed by atoms with E-state index in [1.807, 2.05) is 18.2 Å². The van der Waals surface area contributed by atoms with E-state index in [9.17, 15) is 9.59 Å². The highest BCUT2D eigenvalue weighted by atomic mass is 16.5. The normalized spacial score (nSPS) is 11.0. The third-order valence-electron chi connectivity index (χ3n) is 3.86. The fourth-order valence-corrected chi connectivity index (χ4v) is 2.60. The molecule has 0 N–H and O–H groups in total. The van der Waals surface area contributed by atoms with Crippen molar-refractivity contribution < 1.29 is 14.3 Å². The maximum Gasteiger partial charge on any atom is 0.340 e. The van der Waals surface area contributed by atoms with Crippen LogP contribution in [0.4, 0.5) is 4.79 Å². The summed E-state index contributed by atoms with van der Waals surface area (Å²) in [6.45, 7) is 5.95. The Morgan fingerprint density at radius 2 is 1.86 bits per heavy atom. The van der Waals surface area contributed by atoms with E-state index in [1.54, 1.807) is 25.6 Å². The Morgan fingerprint density at radius 3 is 2.36 bits per heavy atom. The van der Waals surface area contributed by atoms with Crippen molar-refractivity contribution in [2.75, 3.05) is 21.2 Å². The molecule has 1 aromatic carbocycles. The van der Waals surface area contributed by atoms with Gasteiger partial charge in [-0.15, -0.1) is 0 Å². The van der Waals surface area contributed by atoms with Crippen LogP contribution >= 0.6 is 0 Å². The van der Waals surface area contributed by atoms with E-state index in [1.165, 1.54) is 12.0 Å². The lowest BCUT2D eigenvalue weighted by molar-refractivity contribution is 0.0602. The highest BCUT2D eigenvalue weighted by molar-refractivity contribution is 6.09. The molecule has 2 rings (SSSR count). The number of hydrogen-bond acceptors (Lipinski definition) is 3. The van der Waals surface area contributed by atoms with Gasteiger partial charge in [0.05, 0.1) is 18.2 Å². The summed E-state index contributed by atoms with van der Waals surface area (Å²) in [7, 11) is 4.73. The minimum absolute atomic E-state index is 0.185. The van der Waals surface area contributed by atoms with Gasteiger partial charge in [0.2, 0.25) is 0 Å². The molecular weight excluding hydrogens is 280 g/mol. The van der Waals surface area contributed by atoms with Gasteiger partial charge < -0.3 is 9.64 Å². The van der Waals surface area contributed by atoms with Gasteiger partial charge in [-0.25, -0.2) is 9.59 Å². The number of rotatable bonds is 2. The Bertz CT molecular complexity index is 742. The predicted molar refractivity (Wildman–Crippen MR) is 86.6 cm³/mol. The zero-order valence-electron chi connectivity index (χ0n) is 13.9. The van der Waals surface area contributed by atoms with Crippen molar-refractivity contribution in [1.29, 1.82) is 0 Å². The number of hydrogen-bond donors (Lipinski definition) is 0. The minimum Gasteiger partial charge on any atom is -0.465 e. The van der Waals surface area contributed by atoms with E-state index < -0.39 is 5.97 Å². The fourth-order valence-electron chi connectivity index (χ4n) is 2.60. The first-order valence-corrected chi connectivity index (χ1v) is 7.24. The number of carbonyl (C=O) groups is 2.